The summed E-state index contributed by atoms with van der Waals surface area (Å²) >= 11 is 0. The molecule has 0 radical (unpaired) electrons. The van der Waals surface area contributed by atoms with Crippen LogP contribution in [0.4, 0.5) is 11.4 Å². The molecule has 0 aliphatic carbocycles. The fourth-order valence-corrected chi connectivity index (χ4v) is 10.3. The van der Waals surface area contributed by atoms with Crippen LogP contribution in [0.2, 0.25) is 0 Å². The number of hydroxylamine groups is 4. The Morgan fingerprint density at radius 2 is 1.57 bits per heavy atom. The van der Waals surface area contributed by atoms with Gasteiger partial charge in [-0.15, -0.1) is 5.06 Å². The first-order chi connectivity index (χ1) is 31.0. The number of imide groups is 2. The number of hydrogen-bond acceptors (Lipinski definition) is 15. The summed E-state index contributed by atoms with van der Waals surface area (Å²) < 4.78 is 80.4. The monoisotopic (exact) mass is 972 g/mol. The van der Waals surface area contributed by atoms with Gasteiger partial charge in [0.2, 0.25) is 5.69 Å². The van der Waals surface area contributed by atoms with Crippen LogP contribution in [0.5, 0.6) is 5.75 Å². The van der Waals surface area contributed by atoms with Crippen molar-refractivity contribution in [2.45, 2.75) is 115 Å². The topological polar surface area (TPSA) is 251 Å². The van der Waals surface area contributed by atoms with E-state index >= 15 is 0 Å². The Kier molecular flexibility index (Phi) is 15.6. The van der Waals surface area contributed by atoms with Crippen molar-refractivity contribution in [2.75, 3.05) is 30.3 Å². The van der Waals surface area contributed by atoms with Crippen LogP contribution < -0.4 is 39.2 Å². The molecule has 0 bridgehead atoms. The second kappa shape index (κ2) is 20.2. The first-order valence-electron chi connectivity index (χ1n) is 22.0. The van der Waals surface area contributed by atoms with Gasteiger partial charge in [-0.3, -0.25) is 24.4 Å². The molecular weight excluding hydrogens is 920 g/mol. The summed E-state index contributed by atoms with van der Waals surface area (Å²) in [4.78, 5) is 64.5. The Labute approximate surface area is 412 Å². The van der Waals surface area contributed by atoms with Gasteiger partial charge in [-0.1, -0.05) is 32.9 Å². The molecule has 2 fully saturated rings. The van der Waals surface area contributed by atoms with E-state index in [-0.39, 0.29) is 97.9 Å². The number of allylic oxidation sites excluding steroid dienone is 6. The van der Waals surface area contributed by atoms with Crippen molar-refractivity contribution >= 4 is 72.5 Å². The number of hydrogen-bond donors (Lipinski definition) is 1. The molecule has 18 nitrogen and oxygen atoms in total. The molecule has 0 aromatic heterocycles. The van der Waals surface area contributed by atoms with Crippen molar-refractivity contribution in [1.82, 2.24) is 10.1 Å². The van der Waals surface area contributed by atoms with E-state index in [1.807, 2.05) is 35.8 Å². The fraction of sp³-hybridized carbons (Fsp3) is 0.478. The van der Waals surface area contributed by atoms with Crippen LogP contribution >= 0.6 is 0 Å². The summed E-state index contributed by atoms with van der Waals surface area (Å²) in [6, 6.07) is 6.22. The van der Waals surface area contributed by atoms with Crippen LogP contribution in [0.1, 0.15) is 114 Å². The molecule has 8 rings (SSSR count). The number of carbonyl (C=O) groups excluding carboxylic acids is 5. The minimum Gasteiger partial charge on any atom is -0.748 e. The predicted octanol–water partition coefficient (Wildman–Crippen LogP) is 1.85. The summed E-state index contributed by atoms with van der Waals surface area (Å²) in [5.74, 6) is -1.99. The van der Waals surface area contributed by atoms with E-state index in [9.17, 15) is 49.9 Å². The van der Waals surface area contributed by atoms with E-state index in [1.54, 1.807) is 0 Å². The molecule has 6 aliphatic heterocycles. The van der Waals surface area contributed by atoms with E-state index in [1.165, 1.54) is 35.0 Å². The maximum absolute atomic E-state index is 12.8. The number of nitrogens with zero attached hydrogens (tertiary/aromatic N) is 4. The number of ether oxygens (including phenoxy) is 1. The molecule has 0 saturated carbocycles. The minimum atomic E-state index is -4.88. The number of aryl methyl sites for hydroxylation is 1. The number of amides is 4. The van der Waals surface area contributed by atoms with Crippen molar-refractivity contribution < 1.29 is 98.8 Å². The Balaban J connectivity index is 0.000000745. The zero-order valence-corrected chi connectivity index (χ0v) is 41.9. The fourth-order valence-electron chi connectivity index (χ4n) is 9.32. The predicted molar refractivity (Wildman–Crippen MR) is 235 cm³/mol. The largest absolute Gasteiger partial charge is 1.00 e. The summed E-state index contributed by atoms with van der Waals surface area (Å²) in [6.07, 6.45) is 12.1. The van der Waals surface area contributed by atoms with Gasteiger partial charge in [0.1, 0.15) is 28.2 Å². The van der Waals surface area contributed by atoms with Gasteiger partial charge >= 0.3 is 35.5 Å². The van der Waals surface area contributed by atoms with Gasteiger partial charge in [-0.2, -0.15) is 9.64 Å². The maximum atomic E-state index is 12.8. The van der Waals surface area contributed by atoms with Gasteiger partial charge in [0, 0.05) is 97.3 Å². The van der Waals surface area contributed by atoms with E-state index in [2.05, 4.69) is 31.7 Å². The molecule has 2 aromatic carbocycles. The summed E-state index contributed by atoms with van der Waals surface area (Å²) in [5, 5.41) is 9.05. The van der Waals surface area contributed by atoms with Gasteiger partial charge in [-0.05, 0) is 80.9 Å². The minimum absolute atomic E-state index is 0. The number of rotatable bonds is 12. The SMILES string of the molecule is CC(C)(C)C1=C/C(=C\C=C\C2=[N+](CCCS(=O)(=O)[O-])c3ccc(S(=O)(=O)[O-])cc3C2(C)CCCC(=O)ON2C(=O)CCC2=O)c2cc3c4c(c2O1)CCCN4CCC3.O=C1CCC(=O)N1O.[Na+]. The van der Waals surface area contributed by atoms with Crippen LogP contribution in [0, 0.1) is 5.41 Å². The normalized spacial score (nSPS) is 20.9. The Morgan fingerprint density at radius 1 is 0.925 bits per heavy atom. The van der Waals surface area contributed by atoms with Crippen LogP contribution in [0.3, 0.4) is 0 Å². The van der Waals surface area contributed by atoms with Crippen LogP contribution in [-0.2, 0) is 67.3 Å². The first-order valence-corrected chi connectivity index (χ1v) is 25.0. The Bertz CT molecular complexity index is 2720. The van der Waals surface area contributed by atoms with Gasteiger partial charge in [0.25, 0.3) is 23.6 Å². The molecule has 1 N–H and O–H groups in total. The zero-order valence-electron chi connectivity index (χ0n) is 38.3. The van der Waals surface area contributed by atoms with Crippen molar-refractivity contribution in [1.29, 1.82) is 0 Å². The van der Waals surface area contributed by atoms with Crippen molar-refractivity contribution in [3.63, 3.8) is 0 Å². The molecule has 1 atom stereocenters. The van der Waals surface area contributed by atoms with Crippen LogP contribution in [0.25, 0.3) is 5.57 Å². The van der Waals surface area contributed by atoms with Gasteiger partial charge < -0.3 is 23.6 Å². The maximum Gasteiger partial charge on any atom is 1.00 e. The molecule has 67 heavy (non-hydrogen) atoms. The molecule has 2 aromatic rings. The molecule has 6 heterocycles. The van der Waals surface area contributed by atoms with Gasteiger partial charge in [-0.25, -0.2) is 21.6 Å². The zero-order chi connectivity index (χ0) is 47.9. The molecule has 21 heteroatoms. The van der Waals surface area contributed by atoms with E-state index in [0.29, 0.717) is 22.0 Å². The van der Waals surface area contributed by atoms with Gasteiger partial charge in [0.05, 0.1) is 20.4 Å². The number of carbonyl (C=O) groups is 5. The van der Waals surface area contributed by atoms with Crippen LogP contribution in [0.15, 0.2) is 59.2 Å². The Morgan fingerprint density at radius 3 is 2.16 bits per heavy atom. The molecule has 4 amide bonds. The average molecular weight is 973 g/mol. The van der Waals surface area contributed by atoms with Gasteiger partial charge in [0.15, 0.2) is 5.71 Å². The van der Waals surface area contributed by atoms with Crippen LogP contribution in [-0.4, -0.2) is 107 Å². The van der Waals surface area contributed by atoms with Crippen molar-refractivity contribution in [3.05, 3.63) is 76.6 Å². The van der Waals surface area contributed by atoms with Crippen molar-refractivity contribution in [3.8, 4) is 5.75 Å². The average Bonchev–Trinajstić information content (AvgIpc) is 3.81. The summed E-state index contributed by atoms with van der Waals surface area (Å²) in [7, 11) is -9.44. The smallest absolute Gasteiger partial charge is 0.748 e. The van der Waals surface area contributed by atoms with Crippen molar-refractivity contribution in [2.24, 2.45) is 5.41 Å². The third kappa shape index (κ3) is 11.3. The van der Waals surface area contributed by atoms with E-state index in [0.717, 1.165) is 61.4 Å². The molecule has 6 aliphatic rings. The standard InChI is InChI=1S/C42H49N3O11S2.C4H5NO3.Na/c1-41(2,3)35-25-27(31-24-28-11-7-20-43-21-8-12-30(39(28)43)40(31)55-35)10-5-13-34-42(4,19-6-14-38(48)56-45-36(46)17-18-37(45)47)32-26-29(58(52,53)54)15-16-33(32)44(34)22-9-23-57(49,50)51;6-3-1-2-4(7)5(3)8;/h5,10,13,15-16,24-26H,6-9,11-12,14,17-23H2,1-4H3,(H-,49,50,51,52,53,54);8H,1-2H2;/q;;+1/p-1. The quantitative estimate of drug-likeness (QED) is 0.105. The second-order valence-corrected chi connectivity index (χ2v) is 21.3. The third-order valence-corrected chi connectivity index (χ3v) is 14.2. The molecule has 354 valence electrons. The molecule has 0 spiro atoms. The third-order valence-electron chi connectivity index (χ3n) is 12.6. The number of anilines is 1. The number of benzene rings is 2. The molecule has 1 unspecified atom stereocenters. The summed E-state index contributed by atoms with van der Waals surface area (Å²) in [6.45, 7) is 10.2. The van der Waals surface area contributed by atoms with E-state index in [4.69, 9.17) is 14.8 Å². The molecular formula is C46H53N4NaO14S2. The summed E-state index contributed by atoms with van der Waals surface area (Å²) in [5.41, 5.74) is 5.94. The second-order valence-electron chi connectivity index (χ2n) is 18.4. The molecule has 2 saturated heterocycles. The number of fused-ring (bicyclic) bond motifs is 3. The van der Waals surface area contributed by atoms with E-state index < -0.39 is 65.9 Å². The Hall–Kier alpha value is -4.54. The first kappa shape index (κ1) is 51.8.